The van der Waals surface area contributed by atoms with Crippen LogP contribution in [0.3, 0.4) is 0 Å². The Labute approximate surface area is 143 Å². The van der Waals surface area contributed by atoms with E-state index in [1.807, 2.05) is 6.92 Å². The average molecular weight is 350 g/mol. The molecular weight excluding hydrogens is 331 g/mol. The molecule has 1 atom stereocenters. The summed E-state index contributed by atoms with van der Waals surface area (Å²) in [5, 5.41) is 11.2. The molecule has 1 aromatic heterocycles. The van der Waals surface area contributed by atoms with Gasteiger partial charge < -0.3 is 10.0 Å². The molecule has 1 aromatic carbocycles. The Morgan fingerprint density at radius 3 is 2.71 bits per heavy atom. The van der Waals surface area contributed by atoms with Crippen molar-refractivity contribution in [3.05, 3.63) is 51.7 Å². The maximum absolute atomic E-state index is 13.7. The van der Waals surface area contributed by atoms with Crippen LogP contribution in [0.2, 0.25) is 0 Å². The highest BCUT2D eigenvalue weighted by atomic mass is 32.1. The minimum Gasteiger partial charge on any atom is -0.480 e. The fourth-order valence-electron chi connectivity index (χ4n) is 2.24. The van der Waals surface area contributed by atoms with Crippen LogP contribution < -0.4 is 0 Å². The van der Waals surface area contributed by atoms with Crippen LogP contribution in [0.25, 0.3) is 0 Å². The summed E-state index contributed by atoms with van der Waals surface area (Å²) < 4.78 is 13.7. The van der Waals surface area contributed by atoms with Crippen molar-refractivity contribution in [2.75, 3.05) is 6.54 Å². The zero-order valence-electron chi connectivity index (χ0n) is 13.5. The molecule has 24 heavy (non-hydrogen) atoms. The third-order valence-electron chi connectivity index (χ3n) is 3.76. The molecule has 2 rings (SSSR count). The fourth-order valence-corrected chi connectivity index (χ4v) is 3.03. The number of nitrogens with zero attached hydrogens (tertiary/aromatic N) is 2. The van der Waals surface area contributed by atoms with Crippen LogP contribution in [0.1, 0.15) is 41.3 Å². The molecule has 1 heterocycles. The summed E-state index contributed by atoms with van der Waals surface area (Å²) in [6.45, 7) is 3.32. The minimum atomic E-state index is -1.06. The zero-order chi connectivity index (χ0) is 17.7. The van der Waals surface area contributed by atoms with Crippen molar-refractivity contribution < 1.29 is 19.1 Å². The molecular formula is C17H19FN2O3S. The molecule has 0 radical (unpaired) electrons. The first kappa shape index (κ1) is 18.1. The van der Waals surface area contributed by atoms with Gasteiger partial charge in [0.1, 0.15) is 18.1 Å². The topological polar surface area (TPSA) is 70.5 Å². The first-order chi connectivity index (χ1) is 11.4. The second-order valence-electron chi connectivity index (χ2n) is 5.48. The lowest BCUT2D eigenvalue weighted by Crippen LogP contribution is -2.42. The number of benzene rings is 1. The first-order valence-electron chi connectivity index (χ1n) is 7.63. The zero-order valence-corrected chi connectivity index (χ0v) is 14.3. The molecule has 0 saturated carbocycles. The molecule has 1 N–H and O–H groups in total. The summed E-state index contributed by atoms with van der Waals surface area (Å²) in [5.74, 6) is -1.79. The first-order valence-corrected chi connectivity index (χ1v) is 8.50. The third-order valence-corrected chi connectivity index (χ3v) is 4.61. The Morgan fingerprint density at radius 2 is 2.08 bits per heavy atom. The molecule has 1 unspecified atom stereocenters. The van der Waals surface area contributed by atoms with Crippen molar-refractivity contribution >= 4 is 23.2 Å². The van der Waals surface area contributed by atoms with E-state index < -0.39 is 11.9 Å². The Bertz CT molecular complexity index is 732. The molecule has 0 bridgehead atoms. The number of carbonyl (C=O) groups is 2. The van der Waals surface area contributed by atoms with E-state index in [1.54, 1.807) is 30.5 Å². The van der Waals surface area contributed by atoms with Crippen LogP contribution in [0.4, 0.5) is 4.39 Å². The van der Waals surface area contributed by atoms with Gasteiger partial charge in [-0.3, -0.25) is 9.59 Å². The molecule has 128 valence electrons. The maximum atomic E-state index is 13.7. The van der Waals surface area contributed by atoms with Gasteiger partial charge in [-0.05, 0) is 25.0 Å². The SMILES string of the molecule is CCC(C)N(CC(=O)O)C(=O)c1csc(Cc2ccccc2F)n1. The fraction of sp³-hybridized carbons (Fsp3) is 0.353. The summed E-state index contributed by atoms with van der Waals surface area (Å²) in [6.07, 6.45) is 0.943. The van der Waals surface area contributed by atoms with Gasteiger partial charge in [-0.1, -0.05) is 25.1 Å². The van der Waals surface area contributed by atoms with Crippen molar-refractivity contribution in [3.63, 3.8) is 0 Å². The lowest BCUT2D eigenvalue weighted by atomic mass is 10.1. The third kappa shape index (κ3) is 4.38. The molecule has 5 nitrogen and oxygen atoms in total. The number of hydrogen-bond acceptors (Lipinski definition) is 4. The summed E-state index contributed by atoms with van der Waals surface area (Å²) >= 11 is 1.26. The molecule has 0 saturated heterocycles. The maximum Gasteiger partial charge on any atom is 0.323 e. The highest BCUT2D eigenvalue weighted by Crippen LogP contribution is 2.19. The molecule has 0 aliphatic carbocycles. The van der Waals surface area contributed by atoms with Crippen LogP contribution in [-0.4, -0.2) is 39.5 Å². The van der Waals surface area contributed by atoms with Crippen molar-refractivity contribution in [1.29, 1.82) is 0 Å². The quantitative estimate of drug-likeness (QED) is 0.832. The highest BCUT2D eigenvalue weighted by molar-refractivity contribution is 7.09. The number of carboxylic acid groups (broad SMARTS) is 1. The number of aromatic nitrogens is 1. The van der Waals surface area contributed by atoms with Crippen molar-refractivity contribution in [3.8, 4) is 0 Å². The average Bonchev–Trinajstić information content (AvgIpc) is 3.02. The molecule has 0 fully saturated rings. The van der Waals surface area contributed by atoms with E-state index in [4.69, 9.17) is 5.11 Å². The predicted molar refractivity (Wildman–Crippen MR) is 89.7 cm³/mol. The molecule has 1 amide bonds. The monoisotopic (exact) mass is 350 g/mol. The van der Waals surface area contributed by atoms with E-state index in [-0.39, 0.29) is 24.1 Å². The van der Waals surface area contributed by atoms with Gasteiger partial charge in [0.05, 0.1) is 5.01 Å². The normalized spacial score (nSPS) is 12.0. The van der Waals surface area contributed by atoms with Gasteiger partial charge in [-0.25, -0.2) is 9.37 Å². The standard InChI is InChI=1S/C17H19FN2O3S/c1-3-11(2)20(9-16(21)22)17(23)14-10-24-15(19-14)8-12-6-4-5-7-13(12)18/h4-7,10-11H,3,8-9H2,1-2H3,(H,21,22). The largest absolute Gasteiger partial charge is 0.480 e. The minimum absolute atomic E-state index is 0.202. The summed E-state index contributed by atoms with van der Waals surface area (Å²) in [7, 11) is 0. The number of rotatable bonds is 7. The van der Waals surface area contributed by atoms with E-state index in [0.717, 1.165) is 0 Å². The van der Waals surface area contributed by atoms with Gasteiger partial charge in [0.15, 0.2) is 0 Å². The van der Waals surface area contributed by atoms with E-state index in [1.165, 1.54) is 22.3 Å². The van der Waals surface area contributed by atoms with Gasteiger partial charge in [-0.15, -0.1) is 11.3 Å². The number of carbonyl (C=O) groups excluding carboxylic acids is 1. The molecule has 7 heteroatoms. The van der Waals surface area contributed by atoms with Crippen molar-refractivity contribution in [1.82, 2.24) is 9.88 Å². The number of thiazole rings is 1. The second kappa shape index (κ2) is 8.01. The lowest BCUT2D eigenvalue weighted by Gasteiger charge is -2.26. The summed E-state index contributed by atoms with van der Waals surface area (Å²) in [4.78, 5) is 29.1. The van der Waals surface area contributed by atoms with Crippen LogP contribution in [0, 0.1) is 5.82 Å². The summed E-state index contributed by atoms with van der Waals surface area (Å²) in [5.41, 5.74) is 0.711. The van der Waals surface area contributed by atoms with Crippen LogP contribution in [0.5, 0.6) is 0 Å². The Hall–Kier alpha value is -2.28. The Kier molecular flexibility index (Phi) is 6.03. The molecule has 0 aliphatic rings. The Morgan fingerprint density at radius 1 is 1.38 bits per heavy atom. The van der Waals surface area contributed by atoms with E-state index in [2.05, 4.69) is 4.98 Å². The van der Waals surface area contributed by atoms with Crippen LogP contribution >= 0.6 is 11.3 Å². The molecule has 0 aliphatic heterocycles. The Balaban J connectivity index is 2.17. The number of hydrogen-bond donors (Lipinski definition) is 1. The van der Waals surface area contributed by atoms with Gasteiger partial charge in [-0.2, -0.15) is 0 Å². The van der Waals surface area contributed by atoms with Crippen LogP contribution in [0.15, 0.2) is 29.6 Å². The lowest BCUT2D eigenvalue weighted by molar-refractivity contribution is -0.138. The van der Waals surface area contributed by atoms with Gasteiger partial charge in [0.25, 0.3) is 5.91 Å². The summed E-state index contributed by atoms with van der Waals surface area (Å²) in [6, 6.07) is 6.22. The molecule has 0 spiro atoms. The van der Waals surface area contributed by atoms with Crippen molar-refractivity contribution in [2.24, 2.45) is 0 Å². The van der Waals surface area contributed by atoms with E-state index in [9.17, 15) is 14.0 Å². The van der Waals surface area contributed by atoms with Crippen LogP contribution in [-0.2, 0) is 11.2 Å². The number of halogens is 1. The van der Waals surface area contributed by atoms with Crippen molar-refractivity contribution in [2.45, 2.75) is 32.7 Å². The number of amides is 1. The number of carboxylic acids is 1. The van der Waals surface area contributed by atoms with E-state index in [0.29, 0.717) is 23.4 Å². The smallest absolute Gasteiger partial charge is 0.323 e. The van der Waals surface area contributed by atoms with Gasteiger partial charge in [0.2, 0.25) is 0 Å². The second-order valence-corrected chi connectivity index (χ2v) is 6.42. The molecule has 2 aromatic rings. The highest BCUT2D eigenvalue weighted by Gasteiger charge is 2.24. The van der Waals surface area contributed by atoms with Gasteiger partial charge in [0, 0.05) is 17.8 Å². The predicted octanol–water partition coefficient (Wildman–Crippen LogP) is 3.20. The number of aliphatic carboxylic acids is 1. The van der Waals surface area contributed by atoms with Gasteiger partial charge >= 0.3 is 5.97 Å². The van der Waals surface area contributed by atoms with E-state index >= 15 is 0 Å².